The van der Waals surface area contributed by atoms with E-state index in [-0.39, 0.29) is 6.10 Å². The number of hydrogen-bond acceptors (Lipinski definition) is 2. The van der Waals surface area contributed by atoms with E-state index in [1.165, 1.54) is 17.7 Å². The Labute approximate surface area is 84.5 Å². The predicted molar refractivity (Wildman–Crippen MR) is 56.4 cm³/mol. The highest BCUT2D eigenvalue weighted by molar-refractivity contribution is 5.41. The zero-order valence-corrected chi connectivity index (χ0v) is 8.85. The molecule has 3 N–H and O–H groups in total. The Morgan fingerprint density at radius 2 is 2.29 bits per heavy atom. The minimum atomic E-state index is -0.363. The van der Waals surface area contributed by atoms with Crippen LogP contribution in [0.1, 0.15) is 35.0 Å². The van der Waals surface area contributed by atoms with Gasteiger partial charge in [0.2, 0.25) is 0 Å². The fourth-order valence-corrected chi connectivity index (χ4v) is 2.45. The summed E-state index contributed by atoms with van der Waals surface area (Å²) in [5, 5.41) is 13.0. The van der Waals surface area contributed by atoms with Gasteiger partial charge in [-0.25, -0.2) is 0 Å². The minimum Gasteiger partial charge on any atom is -0.387 e. The summed E-state index contributed by atoms with van der Waals surface area (Å²) in [6.07, 6.45) is 3.12. The molecule has 1 unspecified atom stereocenters. The molecule has 14 heavy (non-hydrogen) atoms. The van der Waals surface area contributed by atoms with Crippen molar-refractivity contribution in [3.63, 3.8) is 0 Å². The number of likely N-dealkylation sites (N-methyl/N-ethyl adjacent to an activating group) is 1. The first-order valence-corrected chi connectivity index (χ1v) is 5.27. The highest BCUT2D eigenvalue weighted by Gasteiger charge is 2.23. The summed E-state index contributed by atoms with van der Waals surface area (Å²) < 4.78 is 0. The molecule has 0 amide bonds. The molecule has 0 aromatic carbocycles. The molecule has 0 spiro atoms. The lowest BCUT2D eigenvalue weighted by atomic mass is 10.0. The number of fused-ring (bicyclic) bond motifs is 1. The molecular weight excluding hydrogens is 176 g/mol. The van der Waals surface area contributed by atoms with E-state index >= 15 is 0 Å². The Morgan fingerprint density at radius 3 is 3.00 bits per heavy atom. The molecule has 1 heterocycles. The number of aryl methyl sites for hydroxylation is 2. The molecule has 1 aliphatic rings. The van der Waals surface area contributed by atoms with Crippen molar-refractivity contribution in [3.8, 4) is 0 Å². The van der Waals surface area contributed by atoms with Crippen molar-refractivity contribution >= 4 is 0 Å². The molecule has 1 atom stereocenters. The summed E-state index contributed by atoms with van der Waals surface area (Å²) in [6, 6.07) is 0. The van der Waals surface area contributed by atoms with Crippen molar-refractivity contribution in [1.82, 2.24) is 10.3 Å². The van der Waals surface area contributed by atoms with Crippen molar-refractivity contribution < 1.29 is 5.11 Å². The van der Waals surface area contributed by atoms with Crippen LogP contribution < -0.4 is 5.32 Å². The molecule has 0 bridgehead atoms. The number of aromatic nitrogens is 1. The summed E-state index contributed by atoms with van der Waals surface area (Å²) in [7, 11) is 1.87. The third kappa shape index (κ3) is 1.47. The third-order valence-electron chi connectivity index (χ3n) is 3.02. The number of aliphatic hydroxyl groups is 1. The number of aromatic amines is 1. The summed E-state index contributed by atoms with van der Waals surface area (Å²) in [4.78, 5) is 3.38. The molecule has 1 aliphatic carbocycles. The molecule has 3 heteroatoms. The van der Waals surface area contributed by atoms with Crippen molar-refractivity contribution in [2.45, 2.75) is 32.3 Å². The van der Waals surface area contributed by atoms with E-state index in [9.17, 15) is 5.11 Å². The van der Waals surface area contributed by atoms with Crippen LogP contribution in [0, 0.1) is 6.92 Å². The van der Waals surface area contributed by atoms with Crippen LogP contribution in [0.2, 0.25) is 0 Å². The first-order valence-electron chi connectivity index (χ1n) is 5.27. The lowest BCUT2D eigenvalue weighted by molar-refractivity contribution is 0.176. The van der Waals surface area contributed by atoms with E-state index in [0.717, 1.165) is 24.1 Å². The highest BCUT2D eigenvalue weighted by atomic mass is 16.3. The molecule has 1 aromatic heterocycles. The van der Waals surface area contributed by atoms with E-state index in [1.807, 2.05) is 14.0 Å². The first-order chi connectivity index (χ1) is 6.74. The molecule has 3 nitrogen and oxygen atoms in total. The zero-order valence-electron chi connectivity index (χ0n) is 8.85. The number of H-pyrrole nitrogens is 1. The molecule has 0 radical (unpaired) electrons. The van der Waals surface area contributed by atoms with Crippen LogP contribution in [-0.4, -0.2) is 23.7 Å². The maximum absolute atomic E-state index is 9.97. The Balaban J connectivity index is 2.32. The summed E-state index contributed by atoms with van der Waals surface area (Å²) in [5.41, 5.74) is 4.97. The van der Waals surface area contributed by atoms with Crippen LogP contribution in [-0.2, 0) is 12.8 Å². The molecule has 0 aliphatic heterocycles. The van der Waals surface area contributed by atoms with Crippen LogP contribution in [0.15, 0.2) is 0 Å². The average Bonchev–Trinajstić information content (AvgIpc) is 2.63. The van der Waals surface area contributed by atoms with Crippen molar-refractivity contribution in [2.24, 2.45) is 0 Å². The van der Waals surface area contributed by atoms with Gasteiger partial charge in [-0.2, -0.15) is 0 Å². The number of hydrogen-bond donors (Lipinski definition) is 3. The predicted octanol–water partition coefficient (Wildman–Crippen LogP) is 1.06. The first kappa shape index (κ1) is 9.74. The van der Waals surface area contributed by atoms with Crippen LogP contribution in [0.4, 0.5) is 0 Å². The van der Waals surface area contributed by atoms with E-state index in [0.29, 0.717) is 6.54 Å². The van der Waals surface area contributed by atoms with E-state index < -0.39 is 0 Å². The fourth-order valence-electron chi connectivity index (χ4n) is 2.45. The fraction of sp³-hybridized carbons (Fsp3) is 0.636. The number of rotatable bonds is 3. The maximum atomic E-state index is 9.97. The van der Waals surface area contributed by atoms with Gasteiger partial charge in [0, 0.05) is 23.5 Å². The Bertz CT molecular complexity index is 330. The second kappa shape index (κ2) is 3.75. The molecule has 0 fully saturated rings. The van der Waals surface area contributed by atoms with Crippen molar-refractivity contribution in [3.05, 3.63) is 22.5 Å². The molecule has 2 rings (SSSR count). The number of aliphatic hydroxyl groups excluding tert-OH is 1. The van der Waals surface area contributed by atoms with Gasteiger partial charge in [-0.3, -0.25) is 0 Å². The normalized spacial score (nSPS) is 17.1. The summed E-state index contributed by atoms with van der Waals surface area (Å²) >= 11 is 0. The second-order valence-corrected chi connectivity index (χ2v) is 4.05. The monoisotopic (exact) mass is 194 g/mol. The van der Waals surface area contributed by atoms with Crippen molar-refractivity contribution in [1.29, 1.82) is 0 Å². The smallest absolute Gasteiger partial charge is 0.0934 e. The maximum Gasteiger partial charge on any atom is 0.0934 e. The standard InChI is InChI=1S/C11H18N2O/c1-7-11(10(14)6-12-2)8-4-3-5-9(8)13-7/h10,12-14H,3-6H2,1-2H3. The van der Waals surface area contributed by atoms with Gasteiger partial charge in [0.1, 0.15) is 0 Å². The van der Waals surface area contributed by atoms with Gasteiger partial charge in [0.25, 0.3) is 0 Å². The molecule has 1 aromatic rings. The topological polar surface area (TPSA) is 48.0 Å². The number of nitrogens with one attached hydrogen (secondary N) is 2. The van der Waals surface area contributed by atoms with Crippen molar-refractivity contribution in [2.75, 3.05) is 13.6 Å². The van der Waals surface area contributed by atoms with Gasteiger partial charge in [0.05, 0.1) is 6.10 Å². The average molecular weight is 194 g/mol. The summed E-state index contributed by atoms with van der Waals surface area (Å²) in [6.45, 7) is 2.68. The van der Waals surface area contributed by atoms with Crippen LogP contribution in [0.25, 0.3) is 0 Å². The zero-order chi connectivity index (χ0) is 10.1. The van der Waals surface area contributed by atoms with E-state index in [1.54, 1.807) is 0 Å². The molecule has 78 valence electrons. The lowest BCUT2D eigenvalue weighted by Gasteiger charge is -2.11. The highest BCUT2D eigenvalue weighted by Crippen LogP contribution is 2.31. The Kier molecular flexibility index (Phi) is 2.61. The van der Waals surface area contributed by atoms with Gasteiger partial charge in [0.15, 0.2) is 0 Å². The largest absolute Gasteiger partial charge is 0.387 e. The third-order valence-corrected chi connectivity index (χ3v) is 3.02. The van der Waals surface area contributed by atoms with Gasteiger partial charge in [-0.1, -0.05) is 0 Å². The van der Waals surface area contributed by atoms with Gasteiger partial charge >= 0.3 is 0 Å². The Hall–Kier alpha value is -0.800. The second-order valence-electron chi connectivity index (χ2n) is 4.05. The molecule has 0 saturated heterocycles. The minimum absolute atomic E-state index is 0.363. The van der Waals surface area contributed by atoms with E-state index in [2.05, 4.69) is 10.3 Å². The summed E-state index contributed by atoms with van der Waals surface area (Å²) in [5.74, 6) is 0. The van der Waals surface area contributed by atoms with Gasteiger partial charge in [-0.05, 0) is 38.8 Å². The van der Waals surface area contributed by atoms with Crippen LogP contribution in [0.5, 0.6) is 0 Å². The Morgan fingerprint density at radius 1 is 1.50 bits per heavy atom. The molecular formula is C11H18N2O. The SMILES string of the molecule is CNCC(O)c1c(C)[nH]c2c1CCC2. The van der Waals surface area contributed by atoms with Crippen LogP contribution in [0.3, 0.4) is 0 Å². The lowest BCUT2D eigenvalue weighted by Crippen LogP contribution is -2.17. The molecule has 0 saturated carbocycles. The van der Waals surface area contributed by atoms with Crippen LogP contribution >= 0.6 is 0 Å². The van der Waals surface area contributed by atoms with Gasteiger partial charge < -0.3 is 15.4 Å². The van der Waals surface area contributed by atoms with Gasteiger partial charge in [-0.15, -0.1) is 0 Å². The quantitative estimate of drug-likeness (QED) is 0.674. The van der Waals surface area contributed by atoms with E-state index in [4.69, 9.17) is 0 Å².